The number of hydrogen-bond donors (Lipinski definition) is 0. The fourth-order valence-corrected chi connectivity index (χ4v) is 1.30. The van der Waals surface area contributed by atoms with E-state index in [0.29, 0.717) is 6.42 Å². The number of rotatable bonds is 3. The molecule has 0 aromatic rings. The van der Waals surface area contributed by atoms with Crippen molar-refractivity contribution in [1.29, 1.82) is 0 Å². The second-order valence-corrected chi connectivity index (χ2v) is 4.89. The molecule has 0 unspecified atom stereocenters. The van der Waals surface area contributed by atoms with Crippen LogP contribution in [0.2, 0.25) is 0 Å². The van der Waals surface area contributed by atoms with Crippen molar-refractivity contribution in [2.75, 3.05) is 6.61 Å². The molecule has 94 valence electrons. The zero-order valence-electron chi connectivity index (χ0n) is 9.43. The Morgan fingerprint density at radius 2 is 1.88 bits per heavy atom. The maximum Gasteiger partial charge on any atom is 0.522 e. The first-order chi connectivity index (χ1) is 7.08. The van der Waals surface area contributed by atoms with Crippen LogP contribution in [0.5, 0.6) is 0 Å². The lowest BCUT2D eigenvalue weighted by Gasteiger charge is -2.19. The van der Waals surface area contributed by atoms with Crippen LogP contribution in [0.1, 0.15) is 27.2 Å². The van der Waals surface area contributed by atoms with Gasteiger partial charge in [0, 0.05) is 0 Å². The third-order valence-corrected chi connectivity index (χ3v) is 2.09. The summed E-state index contributed by atoms with van der Waals surface area (Å²) >= 11 is 0. The Labute approximate surface area is 91.9 Å². The van der Waals surface area contributed by atoms with Crippen LogP contribution < -0.4 is 0 Å². The molecule has 1 saturated carbocycles. The molecule has 6 heteroatoms. The molecule has 0 N–H and O–H groups in total. The Hall–Kier alpha value is -0.780. The Kier molecular flexibility index (Phi) is 3.52. The van der Waals surface area contributed by atoms with Crippen molar-refractivity contribution in [3.8, 4) is 0 Å². The van der Waals surface area contributed by atoms with Gasteiger partial charge in [0.25, 0.3) is 0 Å². The third-order valence-electron chi connectivity index (χ3n) is 2.09. The van der Waals surface area contributed by atoms with Crippen molar-refractivity contribution in [3.63, 3.8) is 0 Å². The van der Waals surface area contributed by atoms with E-state index >= 15 is 0 Å². The summed E-state index contributed by atoms with van der Waals surface area (Å²) in [6.07, 6.45) is -4.22. The molecule has 0 radical (unpaired) electrons. The minimum Gasteiger partial charge on any atom is -0.460 e. The average Bonchev–Trinajstić information content (AvgIpc) is 2.74. The van der Waals surface area contributed by atoms with Crippen molar-refractivity contribution in [2.24, 2.45) is 11.8 Å². The third kappa shape index (κ3) is 4.83. The van der Waals surface area contributed by atoms with E-state index in [1.807, 2.05) is 0 Å². The highest BCUT2D eigenvalue weighted by Crippen LogP contribution is 2.41. The van der Waals surface area contributed by atoms with E-state index in [9.17, 15) is 18.0 Å². The first-order valence-corrected chi connectivity index (χ1v) is 5.02. The predicted molar refractivity (Wildman–Crippen MR) is 49.4 cm³/mol. The van der Waals surface area contributed by atoms with E-state index in [-0.39, 0.29) is 5.92 Å². The molecule has 0 aromatic carbocycles. The van der Waals surface area contributed by atoms with Gasteiger partial charge in [0.1, 0.15) is 5.60 Å². The maximum atomic E-state index is 11.7. The van der Waals surface area contributed by atoms with Crippen LogP contribution in [0.4, 0.5) is 13.2 Å². The molecule has 1 fully saturated rings. The smallest absolute Gasteiger partial charge is 0.460 e. The Morgan fingerprint density at radius 1 is 1.31 bits per heavy atom. The summed E-state index contributed by atoms with van der Waals surface area (Å²) in [6.45, 7) is 4.69. The van der Waals surface area contributed by atoms with Gasteiger partial charge in [0.05, 0.1) is 12.5 Å². The zero-order chi connectivity index (χ0) is 12.6. The van der Waals surface area contributed by atoms with Crippen molar-refractivity contribution in [1.82, 2.24) is 0 Å². The monoisotopic (exact) mass is 240 g/mol. The normalized spacial score (nSPS) is 25.4. The molecule has 0 amide bonds. The first kappa shape index (κ1) is 13.3. The highest BCUT2D eigenvalue weighted by Gasteiger charge is 2.47. The number of carbonyl (C=O) groups is 1. The van der Waals surface area contributed by atoms with Crippen molar-refractivity contribution >= 4 is 5.97 Å². The number of esters is 1. The molecule has 16 heavy (non-hydrogen) atoms. The van der Waals surface area contributed by atoms with Crippen LogP contribution in [0.25, 0.3) is 0 Å². The molecule has 1 aliphatic carbocycles. The molecule has 0 spiro atoms. The van der Waals surface area contributed by atoms with Gasteiger partial charge < -0.3 is 4.74 Å². The minimum atomic E-state index is -4.62. The fraction of sp³-hybridized carbons (Fsp3) is 0.900. The van der Waals surface area contributed by atoms with Gasteiger partial charge in [-0.1, -0.05) is 0 Å². The van der Waals surface area contributed by atoms with Gasteiger partial charge in [-0.3, -0.25) is 9.53 Å². The molecule has 0 heterocycles. The summed E-state index contributed by atoms with van der Waals surface area (Å²) in [5, 5.41) is 0. The molecular weight excluding hydrogens is 225 g/mol. The number of ether oxygens (including phenoxy) is 2. The van der Waals surface area contributed by atoms with Gasteiger partial charge in [-0.05, 0) is 33.1 Å². The standard InChI is InChI=1S/C10H15F3O3/c1-9(2,3)16-8(14)7-4-6(7)5-15-10(11,12)13/h6-7H,4-5H2,1-3H3/t6-,7+/m1/s1. The molecule has 1 rings (SSSR count). The minimum absolute atomic E-state index is 0.364. The van der Waals surface area contributed by atoms with E-state index in [1.54, 1.807) is 20.8 Å². The second-order valence-electron chi connectivity index (χ2n) is 4.89. The summed E-state index contributed by atoms with van der Waals surface area (Å²) in [4.78, 5) is 11.4. The van der Waals surface area contributed by atoms with Gasteiger partial charge in [0.15, 0.2) is 0 Å². The molecular formula is C10H15F3O3. The fourth-order valence-electron chi connectivity index (χ4n) is 1.30. The molecule has 2 atom stereocenters. The topological polar surface area (TPSA) is 35.5 Å². The second kappa shape index (κ2) is 4.24. The predicted octanol–water partition coefficient (Wildman–Crippen LogP) is 2.50. The van der Waals surface area contributed by atoms with Crippen LogP contribution >= 0.6 is 0 Å². The maximum absolute atomic E-state index is 11.7. The van der Waals surface area contributed by atoms with Crippen molar-refractivity contribution < 1.29 is 27.4 Å². The van der Waals surface area contributed by atoms with Gasteiger partial charge in [-0.25, -0.2) is 0 Å². The molecule has 0 aromatic heterocycles. The summed E-state index contributed by atoms with van der Waals surface area (Å²) in [5.74, 6) is -1.25. The van der Waals surface area contributed by atoms with E-state index in [4.69, 9.17) is 4.74 Å². The Balaban J connectivity index is 2.26. The molecule has 3 nitrogen and oxygen atoms in total. The van der Waals surface area contributed by atoms with Crippen LogP contribution in [0.3, 0.4) is 0 Å². The SMILES string of the molecule is CC(C)(C)OC(=O)[C@H]1C[C@@H]1COC(F)(F)F. The number of carbonyl (C=O) groups excluding carboxylic acids is 1. The highest BCUT2D eigenvalue weighted by atomic mass is 19.4. The van der Waals surface area contributed by atoms with Crippen molar-refractivity contribution in [2.45, 2.75) is 39.2 Å². The molecule has 0 saturated heterocycles. The number of halogens is 3. The highest BCUT2D eigenvalue weighted by molar-refractivity contribution is 5.76. The van der Waals surface area contributed by atoms with E-state index < -0.39 is 30.5 Å². The molecule has 0 aliphatic heterocycles. The lowest BCUT2D eigenvalue weighted by atomic mass is 10.2. The molecule has 0 bridgehead atoms. The zero-order valence-corrected chi connectivity index (χ0v) is 9.43. The summed E-state index contributed by atoms with van der Waals surface area (Å²) in [5.41, 5.74) is -0.602. The lowest BCUT2D eigenvalue weighted by Crippen LogP contribution is -2.25. The number of hydrogen-bond acceptors (Lipinski definition) is 3. The van der Waals surface area contributed by atoms with E-state index in [0.717, 1.165) is 0 Å². The quantitative estimate of drug-likeness (QED) is 0.711. The van der Waals surface area contributed by atoms with Crippen LogP contribution in [0, 0.1) is 11.8 Å². The van der Waals surface area contributed by atoms with Gasteiger partial charge in [0.2, 0.25) is 0 Å². The van der Waals surface area contributed by atoms with Crippen LogP contribution in [0.15, 0.2) is 0 Å². The summed E-state index contributed by atoms with van der Waals surface area (Å²) in [6, 6.07) is 0. The van der Waals surface area contributed by atoms with Gasteiger partial charge >= 0.3 is 12.3 Å². The summed E-state index contributed by atoms with van der Waals surface area (Å²) in [7, 11) is 0. The largest absolute Gasteiger partial charge is 0.522 e. The van der Waals surface area contributed by atoms with Crippen LogP contribution in [-0.2, 0) is 14.3 Å². The summed E-state index contributed by atoms with van der Waals surface area (Å²) < 4.78 is 43.8. The lowest BCUT2D eigenvalue weighted by molar-refractivity contribution is -0.326. The van der Waals surface area contributed by atoms with Gasteiger partial charge in [-0.15, -0.1) is 13.2 Å². The van der Waals surface area contributed by atoms with Crippen LogP contribution in [-0.4, -0.2) is 24.5 Å². The average molecular weight is 240 g/mol. The molecule has 1 aliphatic rings. The van der Waals surface area contributed by atoms with E-state index in [1.165, 1.54) is 0 Å². The first-order valence-electron chi connectivity index (χ1n) is 5.02. The van der Waals surface area contributed by atoms with E-state index in [2.05, 4.69) is 4.74 Å². The van der Waals surface area contributed by atoms with Crippen molar-refractivity contribution in [3.05, 3.63) is 0 Å². The van der Waals surface area contributed by atoms with Gasteiger partial charge in [-0.2, -0.15) is 0 Å². The Morgan fingerprint density at radius 3 is 2.31 bits per heavy atom. The Bertz CT molecular complexity index is 267. The number of alkyl halides is 3.